The van der Waals surface area contributed by atoms with Gasteiger partial charge in [-0.25, -0.2) is 19.2 Å². The van der Waals surface area contributed by atoms with E-state index in [1.54, 1.807) is 18.2 Å². The van der Waals surface area contributed by atoms with E-state index in [-0.39, 0.29) is 18.7 Å². The van der Waals surface area contributed by atoms with E-state index in [0.717, 1.165) is 0 Å². The van der Waals surface area contributed by atoms with E-state index in [0.29, 0.717) is 44.2 Å². The first-order chi connectivity index (χ1) is 18.0. The van der Waals surface area contributed by atoms with E-state index in [2.05, 4.69) is 41.3 Å². The lowest BCUT2D eigenvalue weighted by molar-refractivity contribution is -0.132. The zero-order valence-corrected chi connectivity index (χ0v) is 23.2. The van der Waals surface area contributed by atoms with Crippen molar-refractivity contribution in [3.63, 3.8) is 0 Å². The highest BCUT2D eigenvalue weighted by molar-refractivity contribution is 8.26. The highest BCUT2D eigenvalue weighted by atomic mass is 36.0. The summed E-state index contributed by atoms with van der Waals surface area (Å²) in [4.78, 5) is 47.8. The molecule has 0 spiro atoms. The first-order valence-corrected chi connectivity index (χ1v) is 13.3. The monoisotopic (exact) mass is 620 g/mol. The predicted octanol–water partition coefficient (Wildman–Crippen LogP) is 4.75. The van der Waals surface area contributed by atoms with Gasteiger partial charge in [0.2, 0.25) is 9.23 Å². The number of nitrogens with one attached hydrogen (secondary N) is 1. The second-order valence-electron chi connectivity index (χ2n) is 6.81. The predicted molar refractivity (Wildman–Crippen MR) is 149 cm³/mol. The number of nitrogens with zero attached hydrogens (tertiary/aromatic N) is 3. The molecule has 0 atom stereocenters. The maximum absolute atomic E-state index is 11.5. The second kappa shape index (κ2) is 15.8. The average Bonchev–Trinajstić information content (AvgIpc) is 2.84. The molecule has 2 aromatic heterocycles. The topological polar surface area (TPSA) is 160 Å². The molecule has 2 aromatic carbocycles. The Bertz CT molecular complexity index is 1550. The first-order valence-electron chi connectivity index (χ1n) is 10.1. The molecule has 0 amide bonds. The lowest BCUT2D eigenvalue weighted by Gasteiger charge is -2.09. The zero-order chi connectivity index (χ0) is 28.4. The minimum atomic E-state index is -1.67. The Kier molecular flexibility index (Phi) is 13.6. The Labute approximate surface area is 239 Å². The van der Waals surface area contributed by atoms with Crippen molar-refractivity contribution in [3.05, 3.63) is 52.4 Å². The van der Waals surface area contributed by atoms with Gasteiger partial charge in [-0.3, -0.25) is 14.4 Å². The highest BCUT2D eigenvalue weighted by Crippen LogP contribution is 2.34. The van der Waals surface area contributed by atoms with Gasteiger partial charge in [-0.05, 0) is 12.1 Å². The molecule has 0 aliphatic rings. The Hall–Kier alpha value is -3.52. The highest BCUT2D eigenvalue weighted by Gasteiger charge is 2.13. The van der Waals surface area contributed by atoms with Crippen LogP contribution in [0.4, 0.5) is 0 Å². The van der Waals surface area contributed by atoms with E-state index >= 15 is 0 Å². The summed E-state index contributed by atoms with van der Waals surface area (Å²) in [5, 5.41) is 1.24. The molecule has 0 unspecified atom stereocenters. The summed E-state index contributed by atoms with van der Waals surface area (Å²) in [5.41, 5.74) is 0.797. The van der Waals surface area contributed by atoms with Gasteiger partial charge in [-0.15, -0.1) is 0 Å². The van der Waals surface area contributed by atoms with E-state index < -0.39 is 21.2 Å². The number of fused-ring (bicyclic) bond motifs is 2. The van der Waals surface area contributed by atoms with Crippen molar-refractivity contribution < 1.29 is 32.7 Å². The Balaban J connectivity index is 0.000000336. The number of aromatic amines is 1. The van der Waals surface area contributed by atoms with Gasteiger partial charge in [-0.2, -0.15) is 0 Å². The number of rotatable bonds is 4. The smallest absolute Gasteiger partial charge is 0.308 e. The third kappa shape index (κ3) is 9.94. The standard InChI is InChI=1S/C11H9ClN2O3.C11H10N2O4.CH4.Cl2OS/c1-6(15)17-10-3-7-8(4-9(10)16-2)13-5-14-11(7)12;1-6(14)17-10-3-7-8(4-9(10)16-2)12-5-13-11(7)15;;1-4(2)3/h3-5H,1-2H3;3-5H,1-2H3,(H,12,13,15);1H4;. The van der Waals surface area contributed by atoms with Crippen molar-refractivity contribution in [2.75, 3.05) is 14.2 Å². The number of halogens is 3. The van der Waals surface area contributed by atoms with Crippen LogP contribution in [0.3, 0.4) is 0 Å². The summed E-state index contributed by atoms with van der Waals surface area (Å²) in [6, 6.07) is 6.20. The lowest BCUT2D eigenvalue weighted by atomic mass is 10.2. The zero-order valence-electron chi connectivity index (χ0n) is 20.1. The fourth-order valence-electron chi connectivity index (χ4n) is 2.90. The number of hydrogen-bond acceptors (Lipinski definition) is 11. The van der Waals surface area contributed by atoms with E-state index in [1.165, 1.54) is 46.8 Å². The average molecular weight is 622 g/mol. The Morgan fingerprint density at radius 1 is 0.821 bits per heavy atom. The van der Waals surface area contributed by atoms with Crippen molar-refractivity contribution in [2.24, 2.45) is 0 Å². The summed E-state index contributed by atoms with van der Waals surface area (Å²) >= 11 is 5.93. The quantitative estimate of drug-likeness (QED) is 0.145. The van der Waals surface area contributed by atoms with Gasteiger partial charge in [0, 0.05) is 52.7 Å². The fraction of sp³-hybridized carbons (Fsp3) is 0.217. The largest absolute Gasteiger partial charge is 0.493 e. The summed E-state index contributed by atoms with van der Waals surface area (Å²) < 4.78 is 29.2. The van der Waals surface area contributed by atoms with E-state index in [1.807, 2.05) is 0 Å². The first kappa shape index (κ1) is 33.5. The number of esters is 2. The van der Waals surface area contributed by atoms with Gasteiger partial charge in [0.05, 0.1) is 37.0 Å². The van der Waals surface area contributed by atoms with E-state index in [4.69, 9.17) is 34.8 Å². The van der Waals surface area contributed by atoms with Crippen LogP contribution in [-0.2, 0) is 18.8 Å². The third-order valence-corrected chi connectivity index (χ3v) is 4.61. The lowest BCUT2D eigenvalue weighted by Crippen LogP contribution is -2.08. The number of aromatic nitrogens is 4. The minimum Gasteiger partial charge on any atom is -0.493 e. The van der Waals surface area contributed by atoms with Gasteiger partial charge in [-0.1, -0.05) is 19.0 Å². The van der Waals surface area contributed by atoms with Crippen molar-refractivity contribution in [1.82, 2.24) is 19.9 Å². The number of H-pyrrole nitrogens is 1. The Morgan fingerprint density at radius 3 is 1.74 bits per heavy atom. The van der Waals surface area contributed by atoms with Gasteiger partial charge in [0.1, 0.15) is 11.5 Å². The van der Waals surface area contributed by atoms with Crippen LogP contribution in [-0.4, -0.2) is 50.3 Å². The molecule has 4 aromatic rings. The molecule has 0 aliphatic carbocycles. The SMILES string of the molecule is C.COc1cc2nc[nH]c(=O)c2cc1OC(C)=O.COc1cc2ncnc(Cl)c2cc1OC(C)=O.O=S(Cl)Cl. The van der Waals surface area contributed by atoms with Gasteiger partial charge in [0.15, 0.2) is 23.0 Å². The number of ether oxygens (including phenoxy) is 4. The molecule has 0 radical (unpaired) electrons. The molecule has 4 rings (SSSR count). The van der Waals surface area contributed by atoms with Crippen molar-refractivity contribution >= 4 is 75.9 Å². The molecule has 1 N–H and O–H groups in total. The van der Waals surface area contributed by atoms with Gasteiger partial charge >= 0.3 is 11.9 Å². The molecule has 16 heteroatoms. The maximum Gasteiger partial charge on any atom is 0.308 e. The summed E-state index contributed by atoms with van der Waals surface area (Å²) in [6.45, 7) is 2.59. The molecule has 0 bridgehead atoms. The molecule has 39 heavy (non-hydrogen) atoms. The number of hydrogen-bond donors (Lipinski definition) is 1. The molecule has 0 saturated carbocycles. The number of benzene rings is 2. The van der Waals surface area contributed by atoms with Crippen molar-refractivity contribution in [3.8, 4) is 23.0 Å². The van der Waals surface area contributed by atoms with Crippen LogP contribution >= 0.6 is 33.0 Å². The van der Waals surface area contributed by atoms with Crippen LogP contribution in [0.1, 0.15) is 21.3 Å². The Morgan fingerprint density at radius 2 is 1.28 bits per heavy atom. The minimum absolute atomic E-state index is 0. The van der Waals surface area contributed by atoms with Gasteiger partial charge in [0.25, 0.3) is 5.56 Å². The van der Waals surface area contributed by atoms with Crippen molar-refractivity contribution in [2.45, 2.75) is 21.3 Å². The molecular formula is C23H23Cl3N4O8S. The fourth-order valence-corrected chi connectivity index (χ4v) is 3.09. The molecule has 2 heterocycles. The van der Waals surface area contributed by atoms with Gasteiger partial charge < -0.3 is 23.9 Å². The maximum atomic E-state index is 11.5. The number of methoxy groups -OCH3 is 2. The summed E-state index contributed by atoms with van der Waals surface area (Å²) in [6.07, 6.45) is 2.66. The molecule has 0 aliphatic heterocycles. The van der Waals surface area contributed by atoms with Crippen LogP contribution in [0.2, 0.25) is 5.15 Å². The molecule has 0 fully saturated rings. The summed E-state index contributed by atoms with van der Waals surface area (Å²) in [5.74, 6) is 0.349. The number of carbonyl (C=O) groups is 2. The third-order valence-electron chi connectivity index (χ3n) is 4.31. The van der Waals surface area contributed by atoms with E-state index in [9.17, 15) is 14.4 Å². The van der Waals surface area contributed by atoms with Crippen LogP contribution < -0.4 is 24.5 Å². The van der Waals surface area contributed by atoms with Crippen molar-refractivity contribution in [1.29, 1.82) is 0 Å². The molecule has 210 valence electrons. The van der Waals surface area contributed by atoms with Crippen LogP contribution in [0.5, 0.6) is 23.0 Å². The molecule has 12 nitrogen and oxygen atoms in total. The van der Waals surface area contributed by atoms with Crippen LogP contribution in [0.25, 0.3) is 21.8 Å². The van der Waals surface area contributed by atoms with Crippen LogP contribution in [0, 0.1) is 0 Å². The normalized spacial score (nSPS) is 9.85. The molecule has 0 saturated heterocycles. The second-order valence-corrected chi connectivity index (χ2v) is 9.69. The molecular weight excluding hydrogens is 599 g/mol. The number of carbonyl (C=O) groups excluding carboxylic acids is 2. The summed E-state index contributed by atoms with van der Waals surface area (Å²) in [7, 11) is 10.3. The van der Waals surface area contributed by atoms with Crippen LogP contribution in [0.15, 0.2) is 41.7 Å².